The van der Waals surface area contributed by atoms with Crippen LogP contribution >= 0.6 is 11.3 Å². The molecule has 1 aromatic heterocycles. The normalized spacial score (nSPS) is 14.8. The van der Waals surface area contributed by atoms with Gasteiger partial charge in [0.15, 0.2) is 6.61 Å². The quantitative estimate of drug-likeness (QED) is 0.633. The molecule has 3 aromatic rings. The topological polar surface area (TPSA) is 60.9 Å². The van der Waals surface area contributed by atoms with E-state index in [1.807, 2.05) is 53.4 Å². The van der Waals surface area contributed by atoms with E-state index in [1.165, 1.54) is 11.3 Å². The Hall–Kier alpha value is -2.80. The number of amides is 1. The summed E-state index contributed by atoms with van der Waals surface area (Å²) in [4.78, 5) is 18.7. The monoisotopic (exact) mass is 398 g/mol. The maximum absolute atomic E-state index is 12.4. The number of methoxy groups -OCH3 is 1. The standard InChI is InChI=1S/C21H22N2O4S/c1-25-17-7-8-19-18(13-17)22-21(28-19)27-16-9-11-23(12-10-16)20(24)14-26-15-5-3-2-4-6-15/h2-8,13,16H,9-12,14H2,1H3. The number of carbonyl (C=O) groups excluding carboxylic acids is 1. The van der Waals surface area contributed by atoms with Crippen LogP contribution in [0.3, 0.4) is 0 Å². The number of hydrogen-bond acceptors (Lipinski definition) is 6. The van der Waals surface area contributed by atoms with Crippen molar-refractivity contribution < 1.29 is 19.0 Å². The number of ether oxygens (including phenoxy) is 3. The van der Waals surface area contributed by atoms with Gasteiger partial charge in [0, 0.05) is 32.0 Å². The first kappa shape index (κ1) is 18.6. The Kier molecular flexibility index (Phi) is 5.62. The van der Waals surface area contributed by atoms with Crippen molar-refractivity contribution in [1.82, 2.24) is 9.88 Å². The third-order valence-corrected chi connectivity index (χ3v) is 5.67. The van der Waals surface area contributed by atoms with E-state index in [9.17, 15) is 4.79 Å². The van der Waals surface area contributed by atoms with Gasteiger partial charge in [-0.1, -0.05) is 29.5 Å². The number of benzene rings is 2. The second-order valence-corrected chi connectivity index (χ2v) is 7.61. The summed E-state index contributed by atoms with van der Waals surface area (Å²) in [5, 5.41) is 0.667. The SMILES string of the molecule is COc1ccc2sc(OC3CCN(C(=O)COc4ccccc4)CC3)nc2c1. The summed E-state index contributed by atoms with van der Waals surface area (Å²) < 4.78 is 17.9. The number of thiazole rings is 1. The molecule has 0 spiro atoms. The average molecular weight is 398 g/mol. The molecule has 28 heavy (non-hydrogen) atoms. The van der Waals surface area contributed by atoms with E-state index in [1.54, 1.807) is 7.11 Å². The first-order valence-corrected chi connectivity index (χ1v) is 10.1. The highest BCUT2D eigenvalue weighted by Gasteiger charge is 2.25. The van der Waals surface area contributed by atoms with Gasteiger partial charge in [0.2, 0.25) is 0 Å². The van der Waals surface area contributed by atoms with Crippen LogP contribution in [-0.4, -0.2) is 48.7 Å². The van der Waals surface area contributed by atoms with Gasteiger partial charge in [0.1, 0.15) is 17.6 Å². The lowest BCUT2D eigenvalue weighted by atomic mass is 10.1. The van der Waals surface area contributed by atoms with Crippen molar-refractivity contribution in [3.8, 4) is 16.7 Å². The van der Waals surface area contributed by atoms with Crippen LogP contribution in [-0.2, 0) is 4.79 Å². The van der Waals surface area contributed by atoms with E-state index >= 15 is 0 Å². The zero-order valence-electron chi connectivity index (χ0n) is 15.7. The predicted molar refractivity (Wildman–Crippen MR) is 108 cm³/mol. The zero-order chi connectivity index (χ0) is 19.3. The van der Waals surface area contributed by atoms with Crippen LogP contribution in [0.1, 0.15) is 12.8 Å². The summed E-state index contributed by atoms with van der Waals surface area (Å²) in [6, 6.07) is 15.2. The number of aromatic nitrogens is 1. The third-order valence-electron chi connectivity index (χ3n) is 4.74. The third kappa shape index (κ3) is 4.36. The van der Waals surface area contributed by atoms with Crippen molar-refractivity contribution in [2.24, 2.45) is 0 Å². The molecular weight excluding hydrogens is 376 g/mol. The Balaban J connectivity index is 1.27. The molecule has 0 radical (unpaired) electrons. The molecule has 2 aromatic carbocycles. The van der Waals surface area contributed by atoms with Gasteiger partial charge < -0.3 is 19.1 Å². The first-order chi connectivity index (χ1) is 13.7. The lowest BCUT2D eigenvalue weighted by Crippen LogP contribution is -2.43. The first-order valence-electron chi connectivity index (χ1n) is 9.28. The highest BCUT2D eigenvalue weighted by Crippen LogP contribution is 2.31. The number of likely N-dealkylation sites (tertiary alicyclic amines) is 1. The van der Waals surface area contributed by atoms with Gasteiger partial charge in [-0.25, -0.2) is 4.98 Å². The molecule has 7 heteroatoms. The van der Waals surface area contributed by atoms with Gasteiger partial charge in [0.25, 0.3) is 11.1 Å². The largest absolute Gasteiger partial charge is 0.497 e. The van der Waals surface area contributed by atoms with Crippen LogP contribution in [0.25, 0.3) is 10.2 Å². The summed E-state index contributed by atoms with van der Waals surface area (Å²) in [6.07, 6.45) is 1.65. The minimum Gasteiger partial charge on any atom is -0.497 e. The Morgan fingerprint density at radius 3 is 2.68 bits per heavy atom. The molecule has 1 amide bonds. The number of para-hydroxylation sites is 1. The number of hydrogen-bond donors (Lipinski definition) is 0. The maximum Gasteiger partial charge on any atom is 0.274 e. The zero-order valence-corrected chi connectivity index (χ0v) is 16.5. The van der Waals surface area contributed by atoms with Gasteiger partial charge in [0.05, 0.1) is 17.3 Å². The minimum atomic E-state index is 0.00869. The van der Waals surface area contributed by atoms with Crippen LogP contribution in [0.15, 0.2) is 48.5 Å². The number of rotatable bonds is 6. The number of nitrogens with zero attached hydrogens (tertiary/aromatic N) is 2. The second kappa shape index (κ2) is 8.48. The molecular formula is C21H22N2O4S. The van der Waals surface area contributed by atoms with E-state index in [4.69, 9.17) is 14.2 Å². The molecule has 1 saturated heterocycles. The summed E-state index contributed by atoms with van der Waals surface area (Å²) in [5.74, 6) is 1.50. The summed E-state index contributed by atoms with van der Waals surface area (Å²) in [6.45, 7) is 1.40. The van der Waals surface area contributed by atoms with Gasteiger partial charge >= 0.3 is 0 Å². The maximum atomic E-state index is 12.4. The van der Waals surface area contributed by atoms with E-state index < -0.39 is 0 Å². The lowest BCUT2D eigenvalue weighted by molar-refractivity contribution is -0.135. The molecule has 0 unspecified atom stereocenters. The Morgan fingerprint density at radius 2 is 1.93 bits per heavy atom. The molecule has 6 nitrogen and oxygen atoms in total. The predicted octanol–water partition coefficient (Wildman–Crippen LogP) is 3.75. The van der Waals surface area contributed by atoms with Crippen molar-refractivity contribution in [3.05, 3.63) is 48.5 Å². The molecule has 0 atom stereocenters. The fraction of sp³-hybridized carbons (Fsp3) is 0.333. The average Bonchev–Trinajstić information content (AvgIpc) is 3.14. The molecule has 0 aliphatic carbocycles. The Bertz CT molecular complexity index is 936. The molecule has 0 saturated carbocycles. The van der Waals surface area contributed by atoms with Crippen molar-refractivity contribution in [2.45, 2.75) is 18.9 Å². The van der Waals surface area contributed by atoms with E-state index in [-0.39, 0.29) is 18.6 Å². The van der Waals surface area contributed by atoms with E-state index in [2.05, 4.69) is 4.98 Å². The molecule has 4 rings (SSSR count). The van der Waals surface area contributed by atoms with Gasteiger partial charge in [-0.3, -0.25) is 4.79 Å². The van der Waals surface area contributed by atoms with Crippen molar-refractivity contribution in [1.29, 1.82) is 0 Å². The molecule has 146 valence electrons. The molecule has 1 fully saturated rings. The van der Waals surface area contributed by atoms with Crippen LogP contribution in [0.5, 0.6) is 16.7 Å². The summed E-state index contributed by atoms with van der Waals surface area (Å²) >= 11 is 1.53. The van der Waals surface area contributed by atoms with Crippen LogP contribution in [0, 0.1) is 0 Å². The molecule has 2 heterocycles. The highest BCUT2D eigenvalue weighted by atomic mass is 32.1. The van der Waals surface area contributed by atoms with E-state index in [0.29, 0.717) is 24.0 Å². The number of fused-ring (bicyclic) bond motifs is 1. The van der Waals surface area contributed by atoms with Crippen LogP contribution < -0.4 is 14.2 Å². The fourth-order valence-corrected chi connectivity index (χ4v) is 4.04. The summed E-state index contributed by atoms with van der Waals surface area (Å²) in [5.41, 5.74) is 0.880. The minimum absolute atomic E-state index is 0.00869. The summed E-state index contributed by atoms with van der Waals surface area (Å²) in [7, 11) is 1.64. The van der Waals surface area contributed by atoms with Gasteiger partial charge in [-0.2, -0.15) is 0 Å². The molecule has 1 aliphatic heterocycles. The van der Waals surface area contributed by atoms with Crippen LogP contribution in [0.4, 0.5) is 0 Å². The number of piperidine rings is 1. The molecule has 0 N–H and O–H groups in total. The Morgan fingerprint density at radius 1 is 1.14 bits per heavy atom. The highest BCUT2D eigenvalue weighted by molar-refractivity contribution is 7.20. The van der Waals surface area contributed by atoms with Crippen molar-refractivity contribution in [2.75, 3.05) is 26.8 Å². The Labute approximate surface area is 167 Å². The molecule has 1 aliphatic rings. The van der Waals surface area contributed by atoms with Gasteiger partial charge in [-0.05, 0) is 24.3 Å². The van der Waals surface area contributed by atoms with E-state index in [0.717, 1.165) is 28.8 Å². The second-order valence-electron chi connectivity index (χ2n) is 6.61. The van der Waals surface area contributed by atoms with Crippen molar-refractivity contribution >= 4 is 27.5 Å². The smallest absolute Gasteiger partial charge is 0.274 e. The molecule has 0 bridgehead atoms. The lowest BCUT2D eigenvalue weighted by Gasteiger charge is -2.31. The van der Waals surface area contributed by atoms with Crippen LogP contribution in [0.2, 0.25) is 0 Å². The van der Waals surface area contributed by atoms with Crippen molar-refractivity contribution in [3.63, 3.8) is 0 Å². The fourth-order valence-electron chi connectivity index (χ4n) is 3.18. The van der Waals surface area contributed by atoms with Gasteiger partial charge in [-0.15, -0.1) is 0 Å². The number of carbonyl (C=O) groups is 1.